The first-order valence-corrected chi connectivity index (χ1v) is 7.08. The average molecular weight is 302 g/mol. The van der Waals surface area contributed by atoms with Gasteiger partial charge in [0.05, 0.1) is 11.8 Å². The van der Waals surface area contributed by atoms with Gasteiger partial charge >= 0.3 is 5.97 Å². The van der Waals surface area contributed by atoms with Crippen molar-refractivity contribution in [2.75, 3.05) is 0 Å². The summed E-state index contributed by atoms with van der Waals surface area (Å²) in [4.78, 5) is 11.2. The Kier molecular flexibility index (Phi) is 2.99. The second kappa shape index (κ2) is 4.53. The van der Waals surface area contributed by atoms with Crippen molar-refractivity contribution in [3.63, 3.8) is 0 Å². The summed E-state index contributed by atoms with van der Waals surface area (Å²) < 4.78 is 11.4. The Balaban J connectivity index is 2.47. The van der Waals surface area contributed by atoms with Crippen LogP contribution in [0.3, 0.4) is 0 Å². The Hall–Kier alpha value is -2.43. The van der Waals surface area contributed by atoms with E-state index >= 15 is 0 Å². The van der Waals surface area contributed by atoms with Gasteiger partial charge in [-0.1, -0.05) is 13.8 Å². The van der Waals surface area contributed by atoms with Gasteiger partial charge in [-0.3, -0.25) is 4.79 Å². The lowest BCUT2D eigenvalue weighted by Gasteiger charge is -2.24. The summed E-state index contributed by atoms with van der Waals surface area (Å²) in [6.07, 6.45) is -0.0497. The van der Waals surface area contributed by atoms with Crippen LogP contribution in [0.5, 0.6) is 5.75 Å². The number of carbonyl (C=O) groups is 1. The van der Waals surface area contributed by atoms with Crippen molar-refractivity contribution in [3.05, 3.63) is 29.2 Å². The molecule has 2 N–H and O–H groups in total. The molecule has 0 bridgehead atoms. The van der Waals surface area contributed by atoms with E-state index in [1.165, 1.54) is 0 Å². The molecule has 22 heavy (non-hydrogen) atoms. The van der Waals surface area contributed by atoms with Crippen LogP contribution in [0.4, 0.5) is 0 Å². The van der Waals surface area contributed by atoms with E-state index in [9.17, 15) is 15.0 Å². The molecule has 1 aromatic carbocycles. The fourth-order valence-corrected chi connectivity index (χ4v) is 3.13. The third-order valence-electron chi connectivity index (χ3n) is 3.95. The number of aromatic hydroxyl groups is 1. The first-order valence-electron chi connectivity index (χ1n) is 7.08. The number of phenols is 1. The van der Waals surface area contributed by atoms with Crippen molar-refractivity contribution in [2.45, 2.75) is 39.5 Å². The largest absolute Gasteiger partial charge is 0.504 e. The predicted molar refractivity (Wildman–Crippen MR) is 82.4 cm³/mol. The number of phenolic OH excluding ortho intramolecular Hbond substituents is 1. The van der Waals surface area contributed by atoms with Gasteiger partial charge in [-0.05, 0) is 26.0 Å². The van der Waals surface area contributed by atoms with Gasteiger partial charge in [0.2, 0.25) is 0 Å². The molecule has 5 nitrogen and oxygen atoms in total. The van der Waals surface area contributed by atoms with Gasteiger partial charge in [-0.25, -0.2) is 0 Å². The molecule has 3 rings (SSSR count). The summed E-state index contributed by atoms with van der Waals surface area (Å²) in [6.45, 7) is 7.29. The van der Waals surface area contributed by atoms with Gasteiger partial charge in [0, 0.05) is 16.4 Å². The SMILES string of the molecule is Cc1cc2c(C(C)(C)CC(=O)O)c3oc(C)cc3c(O)c2o1. The lowest BCUT2D eigenvalue weighted by Crippen LogP contribution is -2.22. The zero-order valence-corrected chi connectivity index (χ0v) is 13.0. The van der Waals surface area contributed by atoms with E-state index in [4.69, 9.17) is 8.83 Å². The van der Waals surface area contributed by atoms with Crippen LogP contribution in [0, 0.1) is 13.8 Å². The van der Waals surface area contributed by atoms with E-state index in [2.05, 4.69) is 0 Å². The highest BCUT2D eigenvalue weighted by atomic mass is 16.4. The summed E-state index contributed by atoms with van der Waals surface area (Å²) >= 11 is 0. The Morgan fingerprint density at radius 3 is 2.23 bits per heavy atom. The van der Waals surface area contributed by atoms with Crippen molar-refractivity contribution in [2.24, 2.45) is 0 Å². The standard InChI is InChI=1S/C17H18O5/c1-8-5-10-13(17(3,4)7-12(18)19)15-11(6-9(2)21-15)14(20)16(10)22-8/h5-6,20H,7H2,1-4H3,(H,18,19). The van der Waals surface area contributed by atoms with Crippen molar-refractivity contribution in [1.29, 1.82) is 0 Å². The van der Waals surface area contributed by atoms with Gasteiger partial charge < -0.3 is 19.0 Å². The van der Waals surface area contributed by atoms with Crippen LogP contribution in [0.15, 0.2) is 21.0 Å². The molecule has 0 fully saturated rings. The maximum Gasteiger partial charge on any atom is 0.304 e. The molecule has 5 heteroatoms. The van der Waals surface area contributed by atoms with E-state index in [1.54, 1.807) is 19.9 Å². The quantitative estimate of drug-likeness (QED) is 0.755. The highest BCUT2D eigenvalue weighted by molar-refractivity contribution is 6.05. The molecule has 0 radical (unpaired) electrons. The van der Waals surface area contributed by atoms with E-state index in [-0.39, 0.29) is 12.2 Å². The molecule has 2 aromatic heterocycles. The molecule has 0 saturated heterocycles. The van der Waals surface area contributed by atoms with Crippen LogP contribution < -0.4 is 0 Å². The van der Waals surface area contributed by atoms with Gasteiger partial charge in [-0.2, -0.15) is 0 Å². The van der Waals surface area contributed by atoms with Crippen LogP contribution in [-0.4, -0.2) is 16.2 Å². The van der Waals surface area contributed by atoms with Crippen molar-refractivity contribution in [1.82, 2.24) is 0 Å². The molecule has 116 valence electrons. The first-order chi connectivity index (χ1) is 10.2. The second-order valence-electron chi connectivity index (χ2n) is 6.38. The predicted octanol–water partition coefficient (Wildman–Crippen LogP) is 4.25. The first kappa shape index (κ1) is 14.5. The molecule has 0 aliphatic rings. The minimum absolute atomic E-state index is 0.0322. The highest BCUT2D eigenvalue weighted by Gasteiger charge is 2.32. The molecule has 0 aliphatic carbocycles. The van der Waals surface area contributed by atoms with Gasteiger partial charge in [-0.15, -0.1) is 0 Å². The van der Waals surface area contributed by atoms with Crippen LogP contribution in [-0.2, 0) is 10.2 Å². The summed E-state index contributed by atoms with van der Waals surface area (Å²) in [5.41, 5.74) is 0.980. The lowest BCUT2D eigenvalue weighted by molar-refractivity contribution is -0.138. The number of benzene rings is 1. The zero-order chi connectivity index (χ0) is 16.2. The molecule has 0 aliphatic heterocycles. The number of rotatable bonds is 3. The fraction of sp³-hybridized carbons (Fsp3) is 0.353. The molecular formula is C17H18O5. The number of aliphatic carboxylic acids is 1. The third-order valence-corrected chi connectivity index (χ3v) is 3.95. The van der Waals surface area contributed by atoms with Crippen LogP contribution in [0.25, 0.3) is 21.9 Å². The molecular weight excluding hydrogens is 284 g/mol. The Labute approximate surface area is 127 Å². The molecule has 0 unspecified atom stereocenters. The highest BCUT2D eigenvalue weighted by Crippen LogP contribution is 2.45. The zero-order valence-electron chi connectivity index (χ0n) is 13.0. The third kappa shape index (κ3) is 2.04. The van der Waals surface area contributed by atoms with Gasteiger partial charge in [0.25, 0.3) is 0 Å². The summed E-state index contributed by atoms with van der Waals surface area (Å²) in [6, 6.07) is 3.55. The van der Waals surface area contributed by atoms with Crippen molar-refractivity contribution in [3.8, 4) is 5.75 Å². The maximum absolute atomic E-state index is 11.2. The van der Waals surface area contributed by atoms with Crippen molar-refractivity contribution < 1.29 is 23.8 Å². The average Bonchev–Trinajstić information content (AvgIpc) is 2.90. The number of fused-ring (bicyclic) bond motifs is 2. The Bertz CT molecular complexity index is 837. The molecule has 2 heterocycles. The molecule has 0 amide bonds. The van der Waals surface area contributed by atoms with Crippen LogP contribution in [0.2, 0.25) is 0 Å². The van der Waals surface area contributed by atoms with Gasteiger partial charge in [0.15, 0.2) is 11.3 Å². The monoisotopic (exact) mass is 302 g/mol. The minimum atomic E-state index is -0.886. The number of hydrogen-bond acceptors (Lipinski definition) is 4. The number of hydrogen-bond donors (Lipinski definition) is 2. The molecule has 0 atom stereocenters. The molecule has 0 saturated carbocycles. The summed E-state index contributed by atoms with van der Waals surface area (Å²) in [7, 11) is 0. The van der Waals surface area contributed by atoms with E-state index in [1.807, 2.05) is 19.9 Å². The van der Waals surface area contributed by atoms with Crippen LogP contribution in [0.1, 0.15) is 37.4 Å². The number of carboxylic acids is 1. The molecule has 3 aromatic rings. The van der Waals surface area contributed by atoms with E-state index < -0.39 is 11.4 Å². The summed E-state index contributed by atoms with van der Waals surface area (Å²) in [5.74, 6) is 0.455. The smallest absolute Gasteiger partial charge is 0.304 e. The van der Waals surface area contributed by atoms with Crippen LogP contribution >= 0.6 is 0 Å². The van der Waals surface area contributed by atoms with Gasteiger partial charge in [0.1, 0.15) is 17.1 Å². The van der Waals surface area contributed by atoms with E-state index in [0.29, 0.717) is 33.5 Å². The maximum atomic E-state index is 11.2. The van der Waals surface area contributed by atoms with E-state index in [0.717, 1.165) is 5.56 Å². The Morgan fingerprint density at radius 2 is 1.64 bits per heavy atom. The fourth-order valence-electron chi connectivity index (χ4n) is 3.13. The number of aryl methyl sites for hydroxylation is 2. The second-order valence-corrected chi connectivity index (χ2v) is 6.38. The summed E-state index contributed by atoms with van der Waals surface area (Å²) in [5, 5.41) is 20.9. The lowest BCUT2D eigenvalue weighted by atomic mass is 9.79. The Morgan fingerprint density at radius 1 is 1.09 bits per heavy atom. The normalized spacial score (nSPS) is 12.4. The topological polar surface area (TPSA) is 83.8 Å². The number of furan rings is 2. The molecule has 0 spiro atoms. The minimum Gasteiger partial charge on any atom is -0.504 e. The number of carboxylic acid groups (broad SMARTS) is 1. The van der Waals surface area contributed by atoms with Crippen molar-refractivity contribution >= 4 is 27.9 Å².